The monoisotopic (exact) mass is 547 g/mol. The van der Waals surface area contributed by atoms with Crippen LogP contribution < -0.4 is 5.32 Å². The van der Waals surface area contributed by atoms with Crippen LogP contribution in [0.4, 0.5) is 18.9 Å². The number of rotatable bonds is 10. The molecule has 1 aliphatic rings. The fraction of sp³-hybridized carbons (Fsp3) is 0.312. The number of nitrogens with one attached hydrogen (secondary N) is 1. The van der Waals surface area contributed by atoms with Crippen LogP contribution in [0.15, 0.2) is 78.9 Å². The first-order chi connectivity index (χ1) is 19.4. The van der Waals surface area contributed by atoms with Gasteiger partial charge in [-0.3, -0.25) is 4.79 Å². The Labute approximate surface area is 232 Å². The fourth-order valence-corrected chi connectivity index (χ4v) is 5.68. The molecule has 0 unspecified atom stereocenters. The first-order valence-corrected chi connectivity index (χ1v) is 13.5. The van der Waals surface area contributed by atoms with E-state index in [1.807, 2.05) is 24.3 Å². The molecule has 3 aromatic carbocycles. The van der Waals surface area contributed by atoms with Gasteiger partial charge >= 0.3 is 0 Å². The van der Waals surface area contributed by atoms with E-state index in [9.17, 15) is 18.0 Å². The summed E-state index contributed by atoms with van der Waals surface area (Å²) in [6, 6.07) is 22.5. The van der Waals surface area contributed by atoms with E-state index in [-0.39, 0.29) is 35.7 Å². The number of likely N-dealkylation sites (tertiary alicyclic amines) is 1. The van der Waals surface area contributed by atoms with Gasteiger partial charge in [-0.15, -0.1) is 0 Å². The minimum Gasteiger partial charge on any atom is -0.383 e. The van der Waals surface area contributed by atoms with Crippen LogP contribution in [-0.2, 0) is 9.53 Å². The molecule has 0 aliphatic carbocycles. The normalized spacial score (nSPS) is 17.5. The first kappa shape index (κ1) is 27.8. The van der Waals surface area contributed by atoms with E-state index in [1.54, 1.807) is 55.6 Å². The molecule has 8 heteroatoms. The van der Waals surface area contributed by atoms with Crippen LogP contribution in [0.2, 0.25) is 0 Å². The van der Waals surface area contributed by atoms with Crippen molar-refractivity contribution < 1.29 is 22.7 Å². The fourth-order valence-electron chi connectivity index (χ4n) is 5.68. The molecule has 1 aliphatic heterocycles. The highest BCUT2D eigenvalue weighted by molar-refractivity contribution is 6.07. The van der Waals surface area contributed by atoms with Crippen molar-refractivity contribution in [2.75, 3.05) is 38.7 Å². The van der Waals surface area contributed by atoms with Crippen molar-refractivity contribution in [3.63, 3.8) is 0 Å². The Morgan fingerprint density at radius 1 is 1.02 bits per heavy atom. The van der Waals surface area contributed by atoms with E-state index in [0.29, 0.717) is 40.7 Å². The van der Waals surface area contributed by atoms with Gasteiger partial charge in [0.25, 0.3) is 6.43 Å². The van der Waals surface area contributed by atoms with Gasteiger partial charge in [0.15, 0.2) is 0 Å². The van der Waals surface area contributed by atoms with Crippen LogP contribution in [-0.4, -0.2) is 49.1 Å². The highest BCUT2D eigenvalue weighted by Crippen LogP contribution is 2.39. The third-order valence-corrected chi connectivity index (χ3v) is 7.61. The molecule has 1 fully saturated rings. The summed E-state index contributed by atoms with van der Waals surface area (Å²) in [6.07, 6.45) is -1.94. The number of hydrogen-bond donors (Lipinski definition) is 1. The number of alkyl halides is 2. The van der Waals surface area contributed by atoms with Crippen molar-refractivity contribution in [3.8, 4) is 11.3 Å². The summed E-state index contributed by atoms with van der Waals surface area (Å²) < 4.78 is 47.3. The number of nitrogens with zero attached hydrogens (tertiary/aromatic N) is 2. The van der Waals surface area contributed by atoms with Gasteiger partial charge in [-0.1, -0.05) is 66.7 Å². The summed E-state index contributed by atoms with van der Waals surface area (Å²) in [5, 5.41) is 3.84. The molecular weight excluding hydrogens is 515 g/mol. The van der Waals surface area contributed by atoms with E-state index >= 15 is 0 Å². The van der Waals surface area contributed by atoms with Gasteiger partial charge < -0.3 is 15.0 Å². The number of halogens is 3. The van der Waals surface area contributed by atoms with Crippen LogP contribution in [0.25, 0.3) is 22.0 Å². The number of fused-ring (bicyclic) bond motifs is 1. The van der Waals surface area contributed by atoms with Crippen LogP contribution in [0, 0.1) is 11.7 Å². The number of carbonyl (C=O) groups is 1. The number of carbonyl (C=O) groups excluding carboxylic acids is 1. The number of ether oxygens (including phenoxy) is 1. The zero-order valence-corrected chi connectivity index (χ0v) is 22.3. The molecule has 40 heavy (non-hydrogen) atoms. The molecular formula is C32H32F3N3O2. The van der Waals surface area contributed by atoms with Gasteiger partial charge in [0.1, 0.15) is 11.5 Å². The third-order valence-electron chi connectivity index (χ3n) is 7.61. The van der Waals surface area contributed by atoms with Gasteiger partial charge in [-0.2, -0.15) is 0 Å². The maximum absolute atomic E-state index is 14.0. The average Bonchev–Trinajstić information content (AvgIpc) is 3.38. The number of aromatic nitrogens is 1. The predicted octanol–water partition coefficient (Wildman–Crippen LogP) is 7.06. The Hall–Kier alpha value is -3.75. The second-order valence-corrected chi connectivity index (χ2v) is 10.2. The lowest BCUT2D eigenvalue weighted by atomic mass is 9.86. The molecule has 1 N–H and O–H groups in total. The molecule has 0 radical (unpaired) electrons. The Kier molecular flexibility index (Phi) is 8.77. The molecule has 4 aromatic rings. The second-order valence-electron chi connectivity index (χ2n) is 10.2. The summed E-state index contributed by atoms with van der Waals surface area (Å²) in [5.74, 6) is -0.256. The van der Waals surface area contributed by atoms with Gasteiger partial charge in [0, 0.05) is 55.4 Å². The average molecular weight is 548 g/mol. The lowest BCUT2D eigenvalue weighted by Crippen LogP contribution is -2.25. The van der Waals surface area contributed by atoms with E-state index < -0.39 is 6.43 Å². The molecule has 5 rings (SSSR count). The Morgan fingerprint density at radius 3 is 2.50 bits per heavy atom. The molecule has 0 spiro atoms. The number of anilines is 1. The summed E-state index contributed by atoms with van der Waals surface area (Å²) >= 11 is 0. The lowest BCUT2D eigenvalue weighted by Gasteiger charge is -2.20. The number of methoxy groups -OCH3 is 1. The highest BCUT2D eigenvalue weighted by Gasteiger charge is 2.34. The number of hydrogen-bond acceptors (Lipinski definition) is 4. The molecule has 2 atom stereocenters. The quantitative estimate of drug-likeness (QED) is 0.231. The van der Waals surface area contributed by atoms with E-state index in [2.05, 4.69) is 15.2 Å². The minimum atomic E-state index is -2.76. The van der Waals surface area contributed by atoms with Crippen molar-refractivity contribution in [3.05, 3.63) is 95.9 Å². The van der Waals surface area contributed by atoms with Crippen molar-refractivity contribution in [1.82, 2.24) is 9.88 Å². The minimum absolute atomic E-state index is 0.0908. The predicted molar refractivity (Wildman–Crippen MR) is 151 cm³/mol. The van der Waals surface area contributed by atoms with Gasteiger partial charge in [-0.25, -0.2) is 18.2 Å². The topological polar surface area (TPSA) is 54.5 Å². The summed E-state index contributed by atoms with van der Waals surface area (Å²) in [4.78, 5) is 20.0. The molecule has 1 aromatic heterocycles. The van der Waals surface area contributed by atoms with Gasteiger partial charge in [0.2, 0.25) is 5.91 Å². The van der Waals surface area contributed by atoms with E-state index in [0.717, 1.165) is 25.2 Å². The number of pyridine rings is 1. The summed E-state index contributed by atoms with van der Waals surface area (Å²) in [7, 11) is 1.66. The van der Waals surface area contributed by atoms with Crippen molar-refractivity contribution >= 4 is 22.4 Å². The van der Waals surface area contributed by atoms with Crippen molar-refractivity contribution in [1.29, 1.82) is 0 Å². The van der Waals surface area contributed by atoms with Crippen LogP contribution in [0.3, 0.4) is 0 Å². The van der Waals surface area contributed by atoms with Crippen LogP contribution >= 0.6 is 0 Å². The van der Waals surface area contributed by atoms with E-state index in [4.69, 9.17) is 4.74 Å². The van der Waals surface area contributed by atoms with Crippen molar-refractivity contribution in [2.45, 2.75) is 25.2 Å². The van der Waals surface area contributed by atoms with Crippen LogP contribution in [0.1, 0.15) is 36.4 Å². The van der Waals surface area contributed by atoms with Crippen molar-refractivity contribution in [2.24, 2.45) is 5.92 Å². The Balaban J connectivity index is 1.40. The maximum atomic E-state index is 14.0. The molecule has 5 nitrogen and oxygen atoms in total. The lowest BCUT2D eigenvalue weighted by molar-refractivity contribution is -0.116. The summed E-state index contributed by atoms with van der Waals surface area (Å²) in [6.45, 7) is 2.90. The molecule has 0 saturated carbocycles. The Bertz CT molecular complexity index is 1460. The van der Waals surface area contributed by atoms with E-state index in [1.165, 1.54) is 6.07 Å². The standard InChI is InChI=1S/C32H32F3N3O2/c1-40-17-16-38-19-23(27(20-38)22-10-7-11-24(33)18-22)14-15-28(39)36-30-25-12-5-6-13-26(25)31(32(34)35)37-29(30)21-8-3-2-4-9-21/h2-13,18,23,27,32H,14-17,19-20H2,1H3,(H,36,39)/t23-,27+/m1/s1. The Morgan fingerprint density at radius 2 is 1.77 bits per heavy atom. The summed E-state index contributed by atoms with van der Waals surface area (Å²) in [5.41, 5.74) is 1.99. The highest BCUT2D eigenvalue weighted by atomic mass is 19.3. The zero-order valence-electron chi connectivity index (χ0n) is 22.3. The maximum Gasteiger partial charge on any atom is 0.281 e. The third kappa shape index (κ3) is 6.18. The molecule has 2 heterocycles. The second kappa shape index (κ2) is 12.6. The van der Waals surface area contributed by atoms with Crippen LogP contribution in [0.5, 0.6) is 0 Å². The molecule has 1 amide bonds. The SMILES string of the molecule is COCCN1C[C@@H](CCC(=O)Nc2c(-c3ccccc3)nc(C(F)F)c3ccccc23)[C@H](c2cccc(F)c2)C1. The largest absolute Gasteiger partial charge is 0.383 e. The van der Waals surface area contributed by atoms with Gasteiger partial charge in [-0.05, 0) is 30.0 Å². The molecule has 0 bridgehead atoms. The number of amides is 1. The smallest absolute Gasteiger partial charge is 0.281 e. The molecule has 208 valence electrons. The van der Waals surface area contributed by atoms with Gasteiger partial charge in [0.05, 0.1) is 18.0 Å². The number of benzene rings is 3. The zero-order chi connectivity index (χ0) is 28.1. The first-order valence-electron chi connectivity index (χ1n) is 13.5. The molecule has 1 saturated heterocycles.